The van der Waals surface area contributed by atoms with E-state index in [9.17, 15) is 4.79 Å². The highest BCUT2D eigenvalue weighted by Crippen LogP contribution is 2.28. The van der Waals surface area contributed by atoms with Gasteiger partial charge in [-0.2, -0.15) is 0 Å². The Kier molecular flexibility index (Phi) is 5.51. The number of fused-ring (bicyclic) bond motifs is 1. The monoisotopic (exact) mass is 370 g/mol. The number of methoxy groups -OCH3 is 2. The van der Waals surface area contributed by atoms with Gasteiger partial charge < -0.3 is 25.0 Å². The average molecular weight is 370 g/mol. The van der Waals surface area contributed by atoms with Crippen LogP contribution in [-0.4, -0.2) is 55.6 Å². The first-order valence-corrected chi connectivity index (χ1v) is 8.86. The van der Waals surface area contributed by atoms with Gasteiger partial charge >= 0.3 is 0 Å². The van der Waals surface area contributed by atoms with Gasteiger partial charge in [0.15, 0.2) is 11.5 Å². The first-order chi connectivity index (χ1) is 12.9. The maximum atomic E-state index is 13.0. The molecule has 0 fully saturated rings. The summed E-state index contributed by atoms with van der Waals surface area (Å²) in [6, 6.07) is 7.50. The molecule has 1 aromatic carbocycles. The molecule has 0 unspecified atom stereocenters. The second kappa shape index (κ2) is 7.84. The molecule has 0 saturated carbocycles. The summed E-state index contributed by atoms with van der Waals surface area (Å²) < 4.78 is 10.6. The van der Waals surface area contributed by atoms with Crippen LogP contribution in [0.3, 0.4) is 0 Å². The molecular formula is C20H26N4O3. The van der Waals surface area contributed by atoms with Gasteiger partial charge in [-0.05, 0) is 36.4 Å². The van der Waals surface area contributed by atoms with Crippen molar-refractivity contribution in [3.8, 4) is 11.5 Å². The van der Waals surface area contributed by atoms with E-state index in [1.807, 2.05) is 24.3 Å². The van der Waals surface area contributed by atoms with Gasteiger partial charge in [-0.1, -0.05) is 6.07 Å². The average Bonchev–Trinajstić information content (AvgIpc) is 2.67. The zero-order chi connectivity index (χ0) is 19.6. The summed E-state index contributed by atoms with van der Waals surface area (Å²) in [5.74, 6) is 1.43. The molecule has 7 nitrogen and oxygen atoms in total. The van der Waals surface area contributed by atoms with Crippen LogP contribution in [0.4, 0.5) is 5.82 Å². The molecule has 0 saturated heterocycles. The van der Waals surface area contributed by atoms with Crippen LogP contribution in [0.5, 0.6) is 11.5 Å². The molecule has 1 amide bonds. The highest BCUT2D eigenvalue weighted by molar-refractivity contribution is 5.98. The summed E-state index contributed by atoms with van der Waals surface area (Å²) in [6.45, 7) is 2.16. The fourth-order valence-electron chi connectivity index (χ4n) is 3.33. The number of pyridine rings is 1. The predicted octanol–water partition coefficient (Wildman–Crippen LogP) is 1.94. The standard InChI is InChI=1S/C20H26N4O3/c1-23-8-7-16-14(12-23)10-15(19(21)22-16)20(25)24(2)11-13-5-6-17(26-3)18(9-13)27-4/h5-6,9-10H,7-8,11-12H2,1-4H3,(H2,21,22). The normalized spacial score (nSPS) is 13.8. The van der Waals surface area contributed by atoms with E-state index in [0.717, 1.165) is 36.3 Å². The van der Waals surface area contributed by atoms with E-state index in [-0.39, 0.29) is 5.91 Å². The summed E-state index contributed by atoms with van der Waals surface area (Å²) >= 11 is 0. The number of ether oxygens (including phenoxy) is 2. The Morgan fingerprint density at radius 1 is 1.26 bits per heavy atom. The van der Waals surface area contributed by atoms with Crippen LogP contribution >= 0.6 is 0 Å². The molecule has 1 aliphatic heterocycles. The van der Waals surface area contributed by atoms with Crippen molar-refractivity contribution in [2.45, 2.75) is 19.5 Å². The molecule has 2 heterocycles. The fourth-order valence-corrected chi connectivity index (χ4v) is 3.33. The van der Waals surface area contributed by atoms with Gasteiger partial charge in [0.05, 0.1) is 19.8 Å². The minimum Gasteiger partial charge on any atom is -0.493 e. The number of benzene rings is 1. The summed E-state index contributed by atoms with van der Waals surface area (Å²) in [5, 5.41) is 0. The van der Waals surface area contributed by atoms with Gasteiger partial charge in [-0.15, -0.1) is 0 Å². The highest BCUT2D eigenvalue weighted by Gasteiger charge is 2.22. The van der Waals surface area contributed by atoms with Crippen molar-refractivity contribution < 1.29 is 14.3 Å². The molecule has 0 spiro atoms. The molecule has 1 aromatic heterocycles. The Morgan fingerprint density at radius 2 is 2.00 bits per heavy atom. The molecule has 144 valence electrons. The largest absolute Gasteiger partial charge is 0.493 e. The number of nitrogens with zero attached hydrogens (tertiary/aromatic N) is 3. The van der Waals surface area contributed by atoms with Crippen molar-refractivity contribution >= 4 is 11.7 Å². The quantitative estimate of drug-likeness (QED) is 0.866. The Hall–Kier alpha value is -2.80. The smallest absolute Gasteiger partial charge is 0.257 e. The maximum absolute atomic E-state index is 13.0. The molecule has 2 N–H and O–H groups in total. The summed E-state index contributed by atoms with van der Waals surface area (Å²) in [6.07, 6.45) is 0.853. The molecule has 0 atom stereocenters. The molecule has 1 aliphatic rings. The van der Waals surface area contributed by atoms with Crippen LogP contribution in [0.2, 0.25) is 0 Å². The number of nitrogens with two attached hydrogens (primary N) is 1. The topological polar surface area (TPSA) is 80.9 Å². The van der Waals surface area contributed by atoms with E-state index in [0.29, 0.717) is 29.4 Å². The lowest BCUT2D eigenvalue weighted by Crippen LogP contribution is -2.30. The van der Waals surface area contributed by atoms with Crippen LogP contribution in [-0.2, 0) is 19.5 Å². The van der Waals surface area contributed by atoms with Crippen LogP contribution in [0.25, 0.3) is 0 Å². The van der Waals surface area contributed by atoms with Gasteiger partial charge in [-0.3, -0.25) is 4.79 Å². The lowest BCUT2D eigenvalue weighted by molar-refractivity contribution is 0.0785. The Morgan fingerprint density at radius 3 is 2.70 bits per heavy atom. The van der Waals surface area contributed by atoms with Crippen LogP contribution in [0.15, 0.2) is 24.3 Å². The minimum absolute atomic E-state index is 0.147. The van der Waals surface area contributed by atoms with Crippen LogP contribution in [0, 0.1) is 0 Å². The second-order valence-electron chi connectivity index (χ2n) is 6.87. The van der Waals surface area contributed by atoms with E-state index in [2.05, 4.69) is 16.9 Å². The second-order valence-corrected chi connectivity index (χ2v) is 6.87. The lowest BCUT2D eigenvalue weighted by atomic mass is 10.0. The molecule has 3 rings (SSSR count). The molecular weight excluding hydrogens is 344 g/mol. The van der Waals surface area contributed by atoms with Crippen molar-refractivity contribution in [3.05, 3.63) is 46.6 Å². The van der Waals surface area contributed by atoms with Crippen LogP contribution < -0.4 is 15.2 Å². The molecule has 0 bridgehead atoms. The van der Waals surface area contributed by atoms with E-state index in [4.69, 9.17) is 15.2 Å². The summed E-state index contributed by atoms with van der Waals surface area (Å²) in [5.41, 5.74) is 9.54. The van der Waals surface area contributed by atoms with Crippen molar-refractivity contribution in [2.24, 2.45) is 0 Å². The van der Waals surface area contributed by atoms with Crippen molar-refractivity contribution in [3.63, 3.8) is 0 Å². The number of carbonyl (C=O) groups is 1. The number of hydrogen-bond donors (Lipinski definition) is 1. The highest BCUT2D eigenvalue weighted by atomic mass is 16.5. The molecule has 0 aliphatic carbocycles. The van der Waals surface area contributed by atoms with Gasteiger partial charge in [0, 0.05) is 38.8 Å². The predicted molar refractivity (Wildman–Crippen MR) is 104 cm³/mol. The summed E-state index contributed by atoms with van der Waals surface area (Å²) in [7, 11) is 7.00. The van der Waals surface area contributed by atoms with E-state index in [1.54, 1.807) is 26.2 Å². The number of carbonyl (C=O) groups excluding carboxylic acids is 1. The van der Waals surface area contributed by atoms with Gasteiger partial charge in [0.1, 0.15) is 5.82 Å². The molecule has 7 heteroatoms. The number of likely N-dealkylation sites (N-methyl/N-ethyl adjacent to an activating group) is 1. The third-order valence-electron chi connectivity index (χ3n) is 4.84. The summed E-state index contributed by atoms with van der Waals surface area (Å²) in [4.78, 5) is 21.3. The van der Waals surface area contributed by atoms with Gasteiger partial charge in [0.25, 0.3) is 5.91 Å². The maximum Gasteiger partial charge on any atom is 0.257 e. The van der Waals surface area contributed by atoms with Crippen molar-refractivity contribution in [1.82, 2.24) is 14.8 Å². The Labute approximate surface area is 159 Å². The lowest BCUT2D eigenvalue weighted by Gasteiger charge is -2.26. The Bertz CT molecular complexity index is 853. The van der Waals surface area contributed by atoms with Gasteiger partial charge in [0.2, 0.25) is 0 Å². The third-order valence-corrected chi connectivity index (χ3v) is 4.84. The third kappa shape index (κ3) is 3.98. The zero-order valence-corrected chi connectivity index (χ0v) is 16.3. The van der Waals surface area contributed by atoms with E-state index >= 15 is 0 Å². The van der Waals surface area contributed by atoms with Crippen molar-refractivity contribution in [1.29, 1.82) is 0 Å². The number of amides is 1. The number of nitrogen functional groups attached to an aromatic ring is 1. The van der Waals surface area contributed by atoms with Crippen molar-refractivity contribution in [2.75, 3.05) is 40.6 Å². The first-order valence-electron chi connectivity index (χ1n) is 8.86. The Balaban J connectivity index is 1.80. The SMILES string of the molecule is COc1ccc(CN(C)C(=O)c2cc3c(nc2N)CCN(C)C3)cc1OC. The minimum atomic E-state index is -0.147. The molecule has 27 heavy (non-hydrogen) atoms. The van der Waals surface area contributed by atoms with E-state index < -0.39 is 0 Å². The number of rotatable bonds is 5. The van der Waals surface area contributed by atoms with Crippen LogP contribution in [0.1, 0.15) is 27.2 Å². The number of aromatic nitrogens is 1. The van der Waals surface area contributed by atoms with Gasteiger partial charge in [-0.25, -0.2) is 4.98 Å². The van der Waals surface area contributed by atoms with E-state index in [1.165, 1.54) is 0 Å². The fraction of sp³-hybridized carbons (Fsp3) is 0.400. The number of anilines is 1. The molecule has 0 radical (unpaired) electrons. The number of hydrogen-bond acceptors (Lipinski definition) is 6. The molecule has 2 aromatic rings. The zero-order valence-electron chi connectivity index (χ0n) is 16.3. The first kappa shape index (κ1) is 19.0.